The second kappa shape index (κ2) is 3.88. The molecule has 1 rings (SSSR count). The molecule has 5 heteroatoms. The number of aromatic nitrogens is 2. The molecule has 0 amide bonds. The first-order valence-corrected chi connectivity index (χ1v) is 3.81. The van der Waals surface area contributed by atoms with Crippen LogP contribution < -0.4 is 5.32 Å². The molecule has 0 aromatic carbocycles. The van der Waals surface area contributed by atoms with E-state index in [1.165, 1.54) is 6.33 Å². The molecule has 1 N–H and O–H groups in total. The predicted octanol–water partition coefficient (Wildman–Crippen LogP) is 1.43. The summed E-state index contributed by atoms with van der Waals surface area (Å²) < 4.78 is 0. The molecule has 0 aliphatic heterocycles. The number of anilines is 1. The summed E-state index contributed by atoms with van der Waals surface area (Å²) in [4.78, 5) is 7.56. The zero-order chi connectivity index (χ0) is 8.97. The highest BCUT2D eigenvalue weighted by Gasteiger charge is 2.06. The van der Waals surface area contributed by atoms with Crippen molar-refractivity contribution in [3.05, 3.63) is 17.0 Å². The zero-order valence-corrected chi connectivity index (χ0v) is 7.26. The molecule has 0 radical (unpaired) electrons. The Morgan fingerprint density at radius 3 is 3.00 bits per heavy atom. The molecule has 1 heterocycles. The third-order valence-electron chi connectivity index (χ3n) is 1.26. The summed E-state index contributed by atoms with van der Waals surface area (Å²) in [5.41, 5.74) is 0.293. The van der Waals surface area contributed by atoms with Crippen LogP contribution in [0.2, 0.25) is 5.15 Å². The van der Waals surface area contributed by atoms with Gasteiger partial charge in [0, 0.05) is 6.54 Å². The van der Waals surface area contributed by atoms with Crippen LogP contribution >= 0.6 is 11.6 Å². The van der Waals surface area contributed by atoms with E-state index in [9.17, 15) is 0 Å². The van der Waals surface area contributed by atoms with Crippen LogP contribution in [-0.2, 0) is 0 Å². The molecule has 0 atom stereocenters. The Hall–Kier alpha value is -1.34. The van der Waals surface area contributed by atoms with Gasteiger partial charge in [-0.1, -0.05) is 11.6 Å². The van der Waals surface area contributed by atoms with Gasteiger partial charge in [-0.05, 0) is 6.92 Å². The van der Waals surface area contributed by atoms with E-state index in [2.05, 4.69) is 15.3 Å². The fourth-order valence-electron chi connectivity index (χ4n) is 0.765. The lowest BCUT2D eigenvalue weighted by Gasteiger charge is -2.03. The number of nitriles is 1. The van der Waals surface area contributed by atoms with E-state index in [0.717, 1.165) is 0 Å². The van der Waals surface area contributed by atoms with Gasteiger partial charge in [0.15, 0.2) is 5.15 Å². The van der Waals surface area contributed by atoms with Gasteiger partial charge in [0.1, 0.15) is 23.8 Å². The van der Waals surface area contributed by atoms with Gasteiger partial charge in [0.2, 0.25) is 0 Å². The Kier molecular flexibility index (Phi) is 2.83. The predicted molar refractivity (Wildman–Crippen MR) is 45.9 cm³/mol. The van der Waals surface area contributed by atoms with E-state index >= 15 is 0 Å². The molecule has 1 aromatic rings. The molecule has 1 aromatic heterocycles. The molecule has 4 nitrogen and oxygen atoms in total. The highest BCUT2D eigenvalue weighted by atomic mass is 35.5. The molecule has 0 saturated heterocycles. The molecule has 12 heavy (non-hydrogen) atoms. The van der Waals surface area contributed by atoms with Crippen LogP contribution in [0.15, 0.2) is 6.33 Å². The van der Waals surface area contributed by atoms with E-state index in [4.69, 9.17) is 16.9 Å². The summed E-state index contributed by atoms with van der Waals surface area (Å²) in [6, 6.07) is 1.93. The Balaban J connectivity index is 3.11. The minimum Gasteiger partial charge on any atom is -0.369 e. The van der Waals surface area contributed by atoms with Crippen LogP contribution in [0.1, 0.15) is 12.5 Å². The monoisotopic (exact) mass is 182 g/mol. The van der Waals surface area contributed by atoms with Crippen molar-refractivity contribution in [2.24, 2.45) is 0 Å². The summed E-state index contributed by atoms with van der Waals surface area (Å²) in [7, 11) is 0. The third-order valence-corrected chi connectivity index (χ3v) is 1.54. The summed E-state index contributed by atoms with van der Waals surface area (Å²) in [5.74, 6) is 0.486. The average molecular weight is 183 g/mol. The number of hydrogen-bond acceptors (Lipinski definition) is 4. The fraction of sp³-hybridized carbons (Fsp3) is 0.286. The van der Waals surface area contributed by atoms with Crippen LogP contribution in [0.5, 0.6) is 0 Å². The summed E-state index contributed by atoms with van der Waals surface area (Å²) >= 11 is 5.65. The number of rotatable bonds is 2. The lowest BCUT2D eigenvalue weighted by Crippen LogP contribution is -2.02. The first-order chi connectivity index (χ1) is 5.79. The number of nitrogens with one attached hydrogen (secondary N) is 1. The van der Waals surface area contributed by atoms with Gasteiger partial charge in [-0.3, -0.25) is 0 Å². The first-order valence-electron chi connectivity index (χ1n) is 3.44. The van der Waals surface area contributed by atoms with Crippen molar-refractivity contribution in [3.63, 3.8) is 0 Å². The molecule has 62 valence electrons. The van der Waals surface area contributed by atoms with Crippen molar-refractivity contribution in [1.82, 2.24) is 9.97 Å². The Morgan fingerprint density at radius 1 is 1.67 bits per heavy atom. The molecular weight excluding hydrogens is 176 g/mol. The van der Waals surface area contributed by atoms with Gasteiger partial charge < -0.3 is 5.32 Å². The van der Waals surface area contributed by atoms with Crippen molar-refractivity contribution in [3.8, 4) is 6.07 Å². The maximum Gasteiger partial charge on any atom is 0.152 e. The van der Waals surface area contributed by atoms with Crippen molar-refractivity contribution in [2.45, 2.75) is 6.92 Å². The Bertz CT molecular complexity index is 318. The summed E-state index contributed by atoms with van der Waals surface area (Å²) in [6.45, 7) is 2.61. The Morgan fingerprint density at radius 2 is 2.42 bits per heavy atom. The molecule has 0 aliphatic rings. The SMILES string of the molecule is CCNc1ncnc(Cl)c1C#N. The van der Waals surface area contributed by atoms with Crippen LogP contribution in [0, 0.1) is 11.3 Å². The zero-order valence-electron chi connectivity index (χ0n) is 6.50. The van der Waals surface area contributed by atoms with Crippen LogP contribution in [0.4, 0.5) is 5.82 Å². The topological polar surface area (TPSA) is 61.6 Å². The van der Waals surface area contributed by atoms with E-state index in [1.807, 2.05) is 13.0 Å². The summed E-state index contributed by atoms with van der Waals surface area (Å²) in [5, 5.41) is 11.8. The van der Waals surface area contributed by atoms with E-state index in [0.29, 0.717) is 17.9 Å². The van der Waals surface area contributed by atoms with E-state index < -0.39 is 0 Å². The first kappa shape index (κ1) is 8.75. The minimum atomic E-state index is 0.184. The standard InChI is InChI=1S/C7H7ClN4/c1-2-10-7-5(3-9)6(8)11-4-12-7/h4H,2H2,1H3,(H,10,11,12). The van der Waals surface area contributed by atoms with Gasteiger partial charge in [-0.2, -0.15) is 5.26 Å². The minimum absolute atomic E-state index is 0.184. The van der Waals surface area contributed by atoms with Crippen molar-refractivity contribution < 1.29 is 0 Å². The third kappa shape index (κ3) is 1.63. The maximum absolute atomic E-state index is 8.67. The number of nitrogens with zero attached hydrogens (tertiary/aromatic N) is 3. The lowest BCUT2D eigenvalue weighted by molar-refractivity contribution is 1.10. The lowest BCUT2D eigenvalue weighted by atomic mass is 10.3. The maximum atomic E-state index is 8.67. The molecule has 0 saturated carbocycles. The molecule has 0 bridgehead atoms. The highest BCUT2D eigenvalue weighted by Crippen LogP contribution is 2.17. The molecule has 0 unspecified atom stereocenters. The number of halogens is 1. The van der Waals surface area contributed by atoms with Gasteiger partial charge in [-0.15, -0.1) is 0 Å². The highest BCUT2D eigenvalue weighted by molar-refractivity contribution is 6.30. The molecular formula is C7H7ClN4. The van der Waals surface area contributed by atoms with E-state index in [1.54, 1.807) is 0 Å². The van der Waals surface area contributed by atoms with Gasteiger partial charge in [0.05, 0.1) is 0 Å². The molecule has 0 spiro atoms. The van der Waals surface area contributed by atoms with Crippen molar-refractivity contribution >= 4 is 17.4 Å². The molecule has 0 fully saturated rings. The van der Waals surface area contributed by atoms with E-state index in [-0.39, 0.29) is 5.15 Å². The van der Waals surface area contributed by atoms with Crippen LogP contribution in [0.25, 0.3) is 0 Å². The number of hydrogen-bond donors (Lipinski definition) is 1. The van der Waals surface area contributed by atoms with Gasteiger partial charge in [0.25, 0.3) is 0 Å². The van der Waals surface area contributed by atoms with Crippen LogP contribution in [0.3, 0.4) is 0 Å². The van der Waals surface area contributed by atoms with Gasteiger partial charge in [-0.25, -0.2) is 9.97 Å². The largest absolute Gasteiger partial charge is 0.369 e. The molecule has 0 aliphatic carbocycles. The van der Waals surface area contributed by atoms with Crippen molar-refractivity contribution in [1.29, 1.82) is 5.26 Å². The second-order valence-electron chi connectivity index (χ2n) is 2.03. The Labute approximate surface area is 75.2 Å². The summed E-state index contributed by atoms with van der Waals surface area (Å²) in [6.07, 6.45) is 1.32. The average Bonchev–Trinajstić information content (AvgIpc) is 2.05. The normalized spacial score (nSPS) is 9.08. The van der Waals surface area contributed by atoms with Crippen molar-refractivity contribution in [2.75, 3.05) is 11.9 Å². The quantitative estimate of drug-likeness (QED) is 0.703. The van der Waals surface area contributed by atoms with Gasteiger partial charge >= 0.3 is 0 Å². The van der Waals surface area contributed by atoms with Crippen LogP contribution in [-0.4, -0.2) is 16.5 Å². The fourth-order valence-corrected chi connectivity index (χ4v) is 0.940. The smallest absolute Gasteiger partial charge is 0.152 e. The second-order valence-corrected chi connectivity index (χ2v) is 2.39.